The molecule has 0 aromatic carbocycles. The normalized spacial score (nSPS) is 47.8. The number of thioether (sulfide) groups is 1. The monoisotopic (exact) mass is 287 g/mol. The predicted molar refractivity (Wildman–Crippen MR) is 78.5 cm³/mol. The van der Waals surface area contributed by atoms with E-state index in [0.717, 1.165) is 22.8 Å². The highest BCUT2D eigenvalue weighted by Crippen LogP contribution is 2.63. The van der Waals surface area contributed by atoms with Crippen LogP contribution in [0.2, 0.25) is 0 Å². The maximum absolute atomic E-state index is 5.85. The van der Waals surface area contributed by atoms with Gasteiger partial charge in [-0.15, -0.1) is 11.6 Å². The number of ether oxygens (including phenoxy) is 1. The molecule has 0 radical (unpaired) electrons. The Morgan fingerprint density at radius 2 is 2.06 bits per heavy atom. The molecule has 2 bridgehead atoms. The second kappa shape index (κ2) is 4.31. The highest BCUT2D eigenvalue weighted by atomic mass is 35.5. The lowest BCUT2D eigenvalue weighted by atomic mass is 9.64. The first kappa shape index (κ1) is 13.1. The Morgan fingerprint density at radius 3 is 2.61 bits per heavy atom. The molecule has 3 rings (SSSR count). The van der Waals surface area contributed by atoms with Gasteiger partial charge in [-0.25, -0.2) is 4.99 Å². The van der Waals surface area contributed by atoms with Crippen molar-refractivity contribution < 1.29 is 4.74 Å². The highest BCUT2D eigenvalue weighted by Gasteiger charge is 2.60. The zero-order valence-corrected chi connectivity index (χ0v) is 13.0. The van der Waals surface area contributed by atoms with Gasteiger partial charge in [0.1, 0.15) is 6.10 Å². The van der Waals surface area contributed by atoms with E-state index in [9.17, 15) is 0 Å². The van der Waals surface area contributed by atoms with Gasteiger partial charge in [0.05, 0.1) is 11.4 Å². The van der Waals surface area contributed by atoms with Crippen LogP contribution in [0.15, 0.2) is 4.99 Å². The molecule has 2 nitrogen and oxygen atoms in total. The van der Waals surface area contributed by atoms with E-state index in [-0.39, 0.29) is 11.6 Å². The molecule has 0 spiro atoms. The molecule has 1 saturated heterocycles. The summed E-state index contributed by atoms with van der Waals surface area (Å²) in [7, 11) is 0. The number of rotatable bonds is 2. The SMILES string of the molecule is CC1(C)[C@@H]2CC[C@@H](C2)[C@]1(C)N=C1O[C@@H](CCl)CS1. The molecule has 102 valence electrons. The van der Waals surface area contributed by atoms with Crippen molar-refractivity contribution in [1.29, 1.82) is 0 Å². The maximum atomic E-state index is 5.85. The summed E-state index contributed by atoms with van der Waals surface area (Å²) < 4.78 is 5.82. The number of alkyl halides is 1. The van der Waals surface area contributed by atoms with Gasteiger partial charge in [-0.05, 0) is 43.4 Å². The van der Waals surface area contributed by atoms with Crippen LogP contribution in [-0.4, -0.2) is 28.5 Å². The average Bonchev–Trinajstić information content (AvgIpc) is 2.99. The fourth-order valence-electron chi connectivity index (χ4n) is 4.02. The van der Waals surface area contributed by atoms with Crippen LogP contribution >= 0.6 is 23.4 Å². The number of nitrogens with zero attached hydrogens (tertiary/aromatic N) is 1. The van der Waals surface area contributed by atoms with Crippen molar-refractivity contribution in [3.05, 3.63) is 0 Å². The van der Waals surface area contributed by atoms with E-state index in [1.165, 1.54) is 19.3 Å². The number of hydrogen-bond donors (Lipinski definition) is 0. The van der Waals surface area contributed by atoms with E-state index in [1.54, 1.807) is 11.8 Å². The minimum atomic E-state index is 0.0550. The lowest BCUT2D eigenvalue weighted by Gasteiger charge is -2.44. The zero-order chi connectivity index (χ0) is 13.0. The van der Waals surface area contributed by atoms with E-state index >= 15 is 0 Å². The molecule has 0 amide bonds. The van der Waals surface area contributed by atoms with Crippen molar-refractivity contribution in [2.75, 3.05) is 11.6 Å². The second-order valence-electron chi connectivity index (χ2n) is 6.66. The lowest BCUT2D eigenvalue weighted by molar-refractivity contribution is 0.100. The second-order valence-corrected chi connectivity index (χ2v) is 7.94. The third kappa shape index (κ3) is 1.73. The molecule has 4 atom stereocenters. The molecule has 1 heterocycles. The molecule has 0 unspecified atom stereocenters. The largest absolute Gasteiger partial charge is 0.468 e. The van der Waals surface area contributed by atoms with E-state index in [4.69, 9.17) is 21.3 Å². The predicted octanol–water partition coefficient (Wildman–Crippen LogP) is 3.93. The van der Waals surface area contributed by atoms with Crippen molar-refractivity contribution in [2.24, 2.45) is 22.2 Å². The first-order valence-corrected chi connectivity index (χ1v) is 8.44. The average molecular weight is 288 g/mol. The minimum absolute atomic E-state index is 0.0550. The topological polar surface area (TPSA) is 21.6 Å². The van der Waals surface area contributed by atoms with E-state index in [0.29, 0.717) is 11.3 Å². The maximum Gasteiger partial charge on any atom is 0.246 e. The van der Waals surface area contributed by atoms with Gasteiger partial charge in [0.25, 0.3) is 0 Å². The summed E-state index contributed by atoms with van der Waals surface area (Å²) in [5.41, 5.74) is 0.353. The number of fused-ring (bicyclic) bond motifs is 2. The quantitative estimate of drug-likeness (QED) is 0.718. The molecular formula is C14H22ClNOS. The minimum Gasteiger partial charge on any atom is -0.468 e. The standard InChI is InChI=1S/C14H22ClNOS/c1-13(2)9-4-5-10(6-9)14(13,3)16-12-17-11(7-15)8-18-12/h9-11H,4-8H2,1-3H3/t9-,10+,11+,14+/m1/s1. The van der Waals surface area contributed by atoms with Gasteiger partial charge in [0, 0.05) is 5.75 Å². The van der Waals surface area contributed by atoms with E-state index in [1.807, 2.05) is 0 Å². The highest BCUT2D eigenvalue weighted by molar-refractivity contribution is 8.13. The van der Waals surface area contributed by atoms with Gasteiger partial charge in [0.2, 0.25) is 5.23 Å². The summed E-state index contributed by atoms with van der Waals surface area (Å²) in [5.74, 6) is 3.10. The zero-order valence-electron chi connectivity index (χ0n) is 11.4. The van der Waals surface area contributed by atoms with E-state index < -0.39 is 0 Å². The van der Waals surface area contributed by atoms with Crippen molar-refractivity contribution >= 4 is 28.6 Å². The Bertz CT molecular complexity index is 384. The molecule has 3 aliphatic rings. The molecule has 3 fully saturated rings. The number of halogens is 1. The Hall–Kier alpha value is 0.110. The van der Waals surface area contributed by atoms with Gasteiger partial charge in [0.15, 0.2) is 0 Å². The van der Waals surface area contributed by atoms with Crippen LogP contribution in [0.5, 0.6) is 0 Å². The van der Waals surface area contributed by atoms with Crippen molar-refractivity contribution in [2.45, 2.75) is 51.7 Å². The molecule has 0 N–H and O–H groups in total. The molecule has 1 aliphatic heterocycles. The Balaban J connectivity index is 1.85. The van der Waals surface area contributed by atoms with Crippen LogP contribution in [0.3, 0.4) is 0 Å². The van der Waals surface area contributed by atoms with Crippen LogP contribution in [0.4, 0.5) is 0 Å². The fraction of sp³-hybridized carbons (Fsp3) is 0.929. The van der Waals surface area contributed by atoms with E-state index in [2.05, 4.69) is 20.8 Å². The van der Waals surface area contributed by atoms with Crippen LogP contribution in [0.1, 0.15) is 40.0 Å². The molecule has 2 saturated carbocycles. The molecule has 0 aromatic heterocycles. The van der Waals surface area contributed by atoms with Gasteiger partial charge in [-0.2, -0.15) is 0 Å². The van der Waals surface area contributed by atoms with Crippen LogP contribution < -0.4 is 0 Å². The van der Waals surface area contributed by atoms with Crippen LogP contribution in [0, 0.1) is 17.3 Å². The third-order valence-corrected chi connectivity index (χ3v) is 7.03. The van der Waals surface area contributed by atoms with Gasteiger partial charge < -0.3 is 4.74 Å². The number of aliphatic imine (C=N–C) groups is 1. The Labute approximate surface area is 119 Å². The molecule has 2 aliphatic carbocycles. The molecule has 18 heavy (non-hydrogen) atoms. The Kier molecular flexibility index (Phi) is 3.14. The summed E-state index contributed by atoms with van der Waals surface area (Å²) >= 11 is 7.58. The smallest absolute Gasteiger partial charge is 0.246 e. The summed E-state index contributed by atoms with van der Waals surface area (Å²) in [6, 6.07) is 0. The number of hydrogen-bond acceptors (Lipinski definition) is 3. The first-order valence-electron chi connectivity index (χ1n) is 6.92. The first-order chi connectivity index (χ1) is 8.47. The van der Waals surface area contributed by atoms with Gasteiger partial charge in [-0.3, -0.25) is 0 Å². The van der Waals surface area contributed by atoms with Crippen LogP contribution in [-0.2, 0) is 4.74 Å². The summed E-state index contributed by atoms with van der Waals surface area (Å²) in [5, 5.41) is 0.878. The van der Waals surface area contributed by atoms with Crippen molar-refractivity contribution in [3.8, 4) is 0 Å². The molecule has 0 aromatic rings. The van der Waals surface area contributed by atoms with Gasteiger partial charge >= 0.3 is 0 Å². The Morgan fingerprint density at radius 1 is 1.33 bits per heavy atom. The van der Waals surface area contributed by atoms with Crippen LogP contribution in [0.25, 0.3) is 0 Å². The van der Waals surface area contributed by atoms with Crippen molar-refractivity contribution in [3.63, 3.8) is 0 Å². The fourth-order valence-corrected chi connectivity index (χ4v) is 5.30. The molecule has 4 heteroatoms. The third-order valence-electron chi connectivity index (χ3n) is 5.71. The molecular weight excluding hydrogens is 266 g/mol. The summed E-state index contributed by atoms with van der Waals surface area (Å²) in [4.78, 5) is 5.04. The van der Waals surface area contributed by atoms with Gasteiger partial charge in [-0.1, -0.05) is 25.6 Å². The summed E-state index contributed by atoms with van der Waals surface area (Å²) in [6.07, 6.45) is 4.23. The summed E-state index contributed by atoms with van der Waals surface area (Å²) in [6.45, 7) is 7.11. The lowest BCUT2D eigenvalue weighted by Crippen LogP contribution is -2.45. The van der Waals surface area contributed by atoms with Crippen molar-refractivity contribution in [1.82, 2.24) is 0 Å².